The van der Waals surface area contributed by atoms with Crippen molar-refractivity contribution in [1.82, 2.24) is 0 Å². The molecule has 0 saturated heterocycles. The maximum atomic E-state index is 10.0. The average molecular weight is 250 g/mol. The first-order chi connectivity index (χ1) is 8.77. The summed E-state index contributed by atoms with van der Waals surface area (Å²) in [4.78, 5) is 0. The third-order valence-electron chi connectivity index (χ3n) is 4.57. The van der Waals surface area contributed by atoms with Crippen molar-refractivity contribution < 1.29 is 10.2 Å². The van der Waals surface area contributed by atoms with Crippen LogP contribution in [0, 0.1) is 23.7 Å². The Morgan fingerprint density at radius 1 is 0.611 bits per heavy atom. The van der Waals surface area contributed by atoms with E-state index in [1.54, 1.807) is 0 Å². The van der Waals surface area contributed by atoms with E-state index >= 15 is 0 Å². The fourth-order valence-electron chi connectivity index (χ4n) is 3.31. The third-order valence-corrected chi connectivity index (χ3v) is 4.57. The van der Waals surface area contributed by atoms with Crippen molar-refractivity contribution in [3.63, 3.8) is 0 Å². The molecule has 0 heterocycles. The van der Waals surface area contributed by atoms with Gasteiger partial charge in [0.25, 0.3) is 0 Å². The van der Waals surface area contributed by atoms with E-state index in [0.29, 0.717) is 11.8 Å². The lowest BCUT2D eigenvalue weighted by atomic mass is 9.84. The summed E-state index contributed by atoms with van der Waals surface area (Å²) in [7, 11) is 0. The van der Waals surface area contributed by atoms with Crippen LogP contribution in [0.2, 0.25) is 0 Å². The zero-order valence-corrected chi connectivity index (χ0v) is 11.3. The SMILES string of the molecule is OC(C#CC(O)C1CCCCC1)C1CCCCC1. The van der Waals surface area contributed by atoms with Gasteiger partial charge in [0, 0.05) is 0 Å². The van der Waals surface area contributed by atoms with Crippen molar-refractivity contribution in [2.24, 2.45) is 11.8 Å². The van der Waals surface area contributed by atoms with E-state index < -0.39 is 12.2 Å². The molecule has 0 aromatic carbocycles. The second kappa shape index (κ2) is 7.16. The average Bonchev–Trinajstić information content (AvgIpc) is 2.46. The van der Waals surface area contributed by atoms with Gasteiger partial charge in [-0.2, -0.15) is 0 Å². The summed E-state index contributed by atoms with van der Waals surface area (Å²) >= 11 is 0. The van der Waals surface area contributed by atoms with Crippen LogP contribution in [0.4, 0.5) is 0 Å². The van der Waals surface area contributed by atoms with Gasteiger partial charge < -0.3 is 10.2 Å². The highest BCUT2D eigenvalue weighted by Gasteiger charge is 2.22. The fourth-order valence-corrected chi connectivity index (χ4v) is 3.31. The molecule has 2 aliphatic rings. The topological polar surface area (TPSA) is 40.5 Å². The predicted molar refractivity (Wildman–Crippen MR) is 72.9 cm³/mol. The predicted octanol–water partition coefficient (Wildman–Crippen LogP) is 2.87. The molecule has 0 spiro atoms. The van der Waals surface area contributed by atoms with Crippen molar-refractivity contribution >= 4 is 0 Å². The van der Waals surface area contributed by atoms with E-state index in [1.165, 1.54) is 38.5 Å². The van der Waals surface area contributed by atoms with Crippen LogP contribution in [0.25, 0.3) is 0 Å². The first-order valence-electron chi connectivity index (χ1n) is 7.64. The zero-order chi connectivity index (χ0) is 12.8. The summed E-state index contributed by atoms with van der Waals surface area (Å²) in [6.07, 6.45) is 10.8. The number of rotatable bonds is 2. The molecule has 2 saturated carbocycles. The summed E-state index contributed by atoms with van der Waals surface area (Å²) in [5.41, 5.74) is 0. The normalized spacial score (nSPS) is 26.1. The van der Waals surface area contributed by atoms with E-state index in [1.807, 2.05) is 0 Å². The van der Waals surface area contributed by atoms with Crippen molar-refractivity contribution in [3.05, 3.63) is 0 Å². The van der Waals surface area contributed by atoms with Gasteiger partial charge in [-0.05, 0) is 37.5 Å². The van der Waals surface area contributed by atoms with Gasteiger partial charge in [0.15, 0.2) is 0 Å². The molecule has 0 aliphatic heterocycles. The number of aliphatic hydroxyl groups is 2. The molecule has 0 radical (unpaired) electrons. The highest BCUT2D eigenvalue weighted by atomic mass is 16.3. The van der Waals surface area contributed by atoms with Crippen LogP contribution in [0.3, 0.4) is 0 Å². The van der Waals surface area contributed by atoms with Crippen LogP contribution in [0.5, 0.6) is 0 Å². The summed E-state index contributed by atoms with van der Waals surface area (Å²) in [5.74, 6) is 6.49. The van der Waals surface area contributed by atoms with E-state index in [4.69, 9.17) is 0 Å². The Morgan fingerprint density at radius 3 is 1.28 bits per heavy atom. The molecule has 2 aliphatic carbocycles. The molecule has 0 bridgehead atoms. The van der Waals surface area contributed by atoms with Gasteiger partial charge in [0.2, 0.25) is 0 Å². The van der Waals surface area contributed by atoms with Crippen molar-refractivity contribution in [2.75, 3.05) is 0 Å². The molecule has 0 amide bonds. The van der Waals surface area contributed by atoms with E-state index in [0.717, 1.165) is 25.7 Å². The van der Waals surface area contributed by atoms with Gasteiger partial charge in [0.05, 0.1) is 0 Å². The molecule has 102 valence electrons. The van der Waals surface area contributed by atoms with Crippen molar-refractivity contribution in [1.29, 1.82) is 0 Å². The lowest BCUT2D eigenvalue weighted by Gasteiger charge is -2.24. The lowest BCUT2D eigenvalue weighted by Crippen LogP contribution is -2.24. The second-order valence-electron chi connectivity index (χ2n) is 5.97. The summed E-state index contributed by atoms with van der Waals surface area (Å²) in [6, 6.07) is 0. The first kappa shape index (κ1) is 13.9. The molecule has 2 heteroatoms. The van der Waals surface area contributed by atoms with Gasteiger partial charge in [0.1, 0.15) is 12.2 Å². The maximum Gasteiger partial charge on any atom is 0.117 e. The second-order valence-corrected chi connectivity index (χ2v) is 5.97. The minimum Gasteiger partial charge on any atom is -0.380 e. The Morgan fingerprint density at radius 2 is 0.944 bits per heavy atom. The van der Waals surface area contributed by atoms with E-state index in [2.05, 4.69) is 11.8 Å². The molecular formula is C16H26O2. The smallest absolute Gasteiger partial charge is 0.117 e. The minimum absolute atomic E-state index is 0.338. The Hall–Kier alpha value is -0.520. The first-order valence-corrected chi connectivity index (χ1v) is 7.64. The molecule has 2 atom stereocenters. The van der Waals surface area contributed by atoms with E-state index in [9.17, 15) is 10.2 Å². The molecule has 18 heavy (non-hydrogen) atoms. The summed E-state index contributed by atoms with van der Waals surface area (Å²) in [6.45, 7) is 0. The molecule has 0 aromatic heterocycles. The Labute approximate surface area is 111 Å². The monoisotopic (exact) mass is 250 g/mol. The zero-order valence-electron chi connectivity index (χ0n) is 11.3. The Kier molecular flexibility index (Phi) is 5.53. The standard InChI is InChI=1S/C16H26O2/c17-15(13-7-3-1-4-8-13)11-12-16(18)14-9-5-2-6-10-14/h13-18H,1-10H2. The number of hydrogen-bond acceptors (Lipinski definition) is 2. The number of hydrogen-bond donors (Lipinski definition) is 2. The Balaban J connectivity index is 1.81. The van der Waals surface area contributed by atoms with Crippen LogP contribution in [0.1, 0.15) is 64.2 Å². The van der Waals surface area contributed by atoms with Gasteiger partial charge in [-0.25, -0.2) is 0 Å². The maximum absolute atomic E-state index is 10.0. The van der Waals surface area contributed by atoms with E-state index in [-0.39, 0.29) is 0 Å². The summed E-state index contributed by atoms with van der Waals surface area (Å²) < 4.78 is 0. The summed E-state index contributed by atoms with van der Waals surface area (Å²) in [5, 5.41) is 20.1. The molecule has 2 N–H and O–H groups in total. The molecule has 2 fully saturated rings. The van der Waals surface area contributed by atoms with Gasteiger partial charge in [-0.15, -0.1) is 0 Å². The molecular weight excluding hydrogens is 224 g/mol. The van der Waals surface area contributed by atoms with Gasteiger partial charge >= 0.3 is 0 Å². The van der Waals surface area contributed by atoms with Gasteiger partial charge in [-0.1, -0.05) is 50.4 Å². The van der Waals surface area contributed by atoms with Crippen LogP contribution in [-0.2, 0) is 0 Å². The van der Waals surface area contributed by atoms with Crippen LogP contribution >= 0.6 is 0 Å². The third kappa shape index (κ3) is 4.00. The van der Waals surface area contributed by atoms with Crippen LogP contribution in [-0.4, -0.2) is 22.4 Å². The molecule has 2 nitrogen and oxygen atoms in total. The molecule has 2 rings (SSSR count). The van der Waals surface area contributed by atoms with Gasteiger partial charge in [-0.3, -0.25) is 0 Å². The van der Waals surface area contributed by atoms with Crippen LogP contribution < -0.4 is 0 Å². The highest BCUT2D eigenvalue weighted by Crippen LogP contribution is 2.27. The quantitative estimate of drug-likeness (QED) is 0.740. The number of aliphatic hydroxyl groups excluding tert-OH is 2. The van der Waals surface area contributed by atoms with Crippen molar-refractivity contribution in [3.8, 4) is 11.8 Å². The van der Waals surface area contributed by atoms with Crippen LogP contribution in [0.15, 0.2) is 0 Å². The lowest BCUT2D eigenvalue weighted by molar-refractivity contribution is 0.124. The molecule has 0 aromatic rings. The molecule has 2 unspecified atom stereocenters. The van der Waals surface area contributed by atoms with Crippen molar-refractivity contribution in [2.45, 2.75) is 76.4 Å². The largest absolute Gasteiger partial charge is 0.380 e. The minimum atomic E-state index is -0.524. The Bertz CT molecular complexity index is 262. The highest BCUT2D eigenvalue weighted by molar-refractivity contribution is 5.11. The fraction of sp³-hybridized carbons (Fsp3) is 0.875.